The van der Waals surface area contributed by atoms with Gasteiger partial charge in [0.1, 0.15) is 28.7 Å². The van der Waals surface area contributed by atoms with Crippen LogP contribution in [0.15, 0.2) is 42.5 Å². The summed E-state index contributed by atoms with van der Waals surface area (Å²) in [7, 11) is 0. The number of rotatable bonds is 7. The molecule has 1 aliphatic rings. The molecule has 0 aliphatic carbocycles. The third-order valence-electron chi connectivity index (χ3n) is 8.06. The summed E-state index contributed by atoms with van der Waals surface area (Å²) in [5, 5.41) is 10.4. The summed E-state index contributed by atoms with van der Waals surface area (Å²) < 4.78 is 37.2. The summed E-state index contributed by atoms with van der Waals surface area (Å²) in [4.78, 5) is 70.4. The maximum Gasteiger partial charge on any atom is 0.425 e. The van der Waals surface area contributed by atoms with Gasteiger partial charge in [-0.1, -0.05) is 23.2 Å². The molecule has 2 aromatic carbocycles. The average Bonchev–Trinajstić information content (AvgIpc) is 3.08. The molecule has 18 heteroatoms. The van der Waals surface area contributed by atoms with E-state index in [0.29, 0.717) is 30.1 Å². The minimum absolute atomic E-state index is 0.0344. The molecule has 4 rings (SSSR count). The molecule has 2 atom stereocenters. The molecule has 15 nitrogen and oxygen atoms in total. The van der Waals surface area contributed by atoms with Gasteiger partial charge in [-0.15, -0.1) is 10.2 Å². The number of hydrogen-bond donors (Lipinski definition) is 1. The van der Waals surface area contributed by atoms with E-state index >= 15 is 0 Å². The molecule has 0 spiro atoms. The van der Waals surface area contributed by atoms with Crippen molar-refractivity contribution >= 4 is 64.8 Å². The van der Waals surface area contributed by atoms with Gasteiger partial charge in [0.2, 0.25) is 5.82 Å². The van der Waals surface area contributed by atoms with Crippen LogP contribution in [0.1, 0.15) is 109 Å². The van der Waals surface area contributed by atoms with Crippen LogP contribution in [0, 0.1) is 5.82 Å². The Hall–Kier alpha value is -5.22. The highest BCUT2D eigenvalue weighted by atomic mass is 35.5. The molecule has 3 aromatic rings. The molecule has 2 heterocycles. The zero-order valence-electron chi connectivity index (χ0n) is 34.4. The lowest BCUT2D eigenvalue weighted by Crippen LogP contribution is -2.56. The van der Waals surface area contributed by atoms with Crippen LogP contribution in [-0.4, -0.2) is 92.6 Å². The molecule has 58 heavy (non-hydrogen) atoms. The molecule has 0 bridgehead atoms. The third kappa shape index (κ3) is 11.9. The van der Waals surface area contributed by atoms with E-state index in [0.717, 1.165) is 12.1 Å². The van der Waals surface area contributed by atoms with Gasteiger partial charge in [0.15, 0.2) is 11.4 Å². The predicted molar refractivity (Wildman–Crippen MR) is 215 cm³/mol. The van der Waals surface area contributed by atoms with E-state index in [4.69, 9.17) is 42.1 Å². The number of halogens is 3. The summed E-state index contributed by atoms with van der Waals surface area (Å²) >= 11 is 12.6. The number of piperazine rings is 1. The highest BCUT2D eigenvalue weighted by molar-refractivity contribution is 6.36. The highest BCUT2D eigenvalue weighted by Crippen LogP contribution is 2.38. The van der Waals surface area contributed by atoms with Gasteiger partial charge < -0.3 is 34.1 Å². The number of anilines is 2. The first-order valence-corrected chi connectivity index (χ1v) is 19.1. The van der Waals surface area contributed by atoms with Gasteiger partial charge in [0.25, 0.3) is 11.8 Å². The molecule has 5 amide bonds. The Balaban J connectivity index is 1.62. The fourth-order valence-electron chi connectivity index (χ4n) is 5.56. The summed E-state index contributed by atoms with van der Waals surface area (Å²) in [6.07, 6.45) is -3.96. The predicted octanol–water partition coefficient (Wildman–Crippen LogP) is 9.07. The number of nitrogens with zero attached hydrogens (tertiary/aromatic N) is 5. The maximum absolute atomic E-state index is 14.5. The number of aromatic nitrogens is 2. The Bertz CT molecular complexity index is 2020. The van der Waals surface area contributed by atoms with Crippen LogP contribution < -0.4 is 15.0 Å². The molecule has 1 saturated heterocycles. The lowest BCUT2D eigenvalue weighted by molar-refractivity contribution is 0.00195. The number of carbonyl (C=O) groups is 5. The zero-order chi connectivity index (χ0) is 43.5. The van der Waals surface area contributed by atoms with Crippen molar-refractivity contribution in [3.05, 3.63) is 75.1 Å². The lowest BCUT2D eigenvalue weighted by atomic mass is 10.1. The molecule has 1 aliphatic heterocycles. The minimum atomic E-state index is -1.19. The van der Waals surface area contributed by atoms with Gasteiger partial charge in [0.05, 0.1) is 5.02 Å². The maximum atomic E-state index is 14.5. The van der Waals surface area contributed by atoms with Crippen LogP contribution in [-0.2, 0) is 14.2 Å². The van der Waals surface area contributed by atoms with E-state index in [1.54, 1.807) is 84.2 Å². The monoisotopic (exact) mass is 846 g/mol. The smallest absolute Gasteiger partial charge is 0.425 e. The van der Waals surface area contributed by atoms with E-state index in [-0.39, 0.29) is 44.7 Å². The van der Waals surface area contributed by atoms with Crippen LogP contribution in [0.2, 0.25) is 10.0 Å². The molecule has 1 N–H and O–H groups in total. The van der Waals surface area contributed by atoms with Crippen molar-refractivity contribution in [2.24, 2.45) is 0 Å². The molecule has 1 fully saturated rings. The summed E-state index contributed by atoms with van der Waals surface area (Å²) in [6, 6.07) is 9.32. The summed E-state index contributed by atoms with van der Waals surface area (Å²) in [5.74, 6) is -2.69. The second-order valence-corrected chi connectivity index (χ2v) is 17.3. The first kappa shape index (κ1) is 45.5. The molecule has 314 valence electrons. The fraction of sp³-hybridized carbons (Fsp3) is 0.475. The van der Waals surface area contributed by atoms with Crippen LogP contribution in [0.5, 0.6) is 5.75 Å². The Morgan fingerprint density at radius 1 is 0.845 bits per heavy atom. The Morgan fingerprint density at radius 3 is 1.95 bits per heavy atom. The first-order valence-electron chi connectivity index (χ1n) is 18.4. The van der Waals surface area contributed by atoms with Crippen molar-refractivity contribution in [2.45, 2.75) is 105 Å². The number of imide groups is 1. The number of carbonyl (C=O) groups excluding carboxylic acids is 5. The van der Waals surface area contributed by atoms with Gasteiger partial charge in [-0.3, -0.25) is 9.59 Å². The molecular formula is C40H49Cl2FN6O9. The minimum Gasteiger partial charge on any atom is -0.482 e. The second-order valence-electron chi connectivity index (χ2n) is 16.5. The first-order chi connectivity index (χ1) is 26.7. The van der Waals surface area contributed by atoms with Crippen molar-refractivity contribution in [1.82, 2.24) is 20.0 Å². The molecule has 0 saturated carbocycles. The second kappa shape index (κ2) is 17.7. The van der Waals surface area contributed by atoms with Gasteiger partial charge in [-0.05, 0) is 113 Å². The van der Waals surface area contributed by atoms with E-state index < -0.39 is 58.7 Å². The van der Waals surface area contributed by atoms with Crippen molar-refractivity contribution in [3.8, 4) is 5.75 Å². The van der Waals surface area contributed by atoms with Crippen LogP contribution in [0.25, 0.3) is 0 Å². The van der Waals surface area contributed by atoms with Gasteiger partial charge in [-0.2, -0.15) is 4.90 Å². The van der Waals surface area contributed by atoms with E-state index in [2.05, 4.69) is 15.5 Å². The topological polar surface area (TPSA) is 170 Å². The number of nitrogens with one attached hydrogen (secondary N) is 1. The number of hydrogen-bond acceptors (Lipinski definition) is 11. The average molecular weight is 848 g/mol. The molecule has 0 unspecified atom stereocenters. The van der Waals surface area contributed by atoms with Crippen LogP contribution in [0.3, 0.4) is 0 Å². The third-order valence-corrected chi connectivity index (χ3v) is 8.77. The van der Waals surface area contributed by atoms with Gasteiger partial charge in [-0.25, -0.2) is 18.8 Å². The molecular weight excluding hydrogens is 798 g/mol. The lowest BCUT2D eigenvalue weighted by Gasteiger charge is -2.40. The van der Waals surface area contributed by atoms with Crippen molar-refractivity contribution in [1.29, 1.82) is 0 Å². The largest absolute Gasteiger partial charge is 0.482 e. The molecule has 0 radical (unpaired) electrons. The van der Waals surface area contributed by atoms with Gasteiger partial charge >= 0.3 is 18.3 Å². The fourth-order valence-corrected chi connectivity index (χ4v) is 6.23. The Morgan fingerprint density at radius 2 is 1.41 bits per heavy atom. The normalized spacial score (nSPS) is 15.2. The SMILES string of the molecule is C[C@@H](Oc1cc(C(=O)Nc2ccc(C(=O)N3CCN(C(=O)OC(C)(C)C)[C@@H](C)C3)cc2)nnc1N(C(=O)OC(C)(C)C)C(=O)OC(C)(C)C)c1c(Cl)ccc(F)c1Cl. The van der Waals surface area contributed by atoms with Crippen LogP contribution >= 0.6 is 23.2 Å². The summed E-state index contributed by atoms with van der Waals surface area (Å²) in [6.45, 7) is 19.1. The van der Waals surface area contributed by atoms with Crippen molar-refractivity contribution in [3.63, 3.8) is 0 Å². The van der Waals surface area contributed by atoms with Gasteiger partial charge in [0, 0.05) is 53.6 Å². The number of amides is 5. The Kier molecular flexibility index (Phi) is 13.9. The van der Waals surface area contributed by atoms with Crippen molar-refractivity contribution < 1.29 is 47.3 Å². The van der Waals surface area contributed by atoms with E-state index in [9.17, 15) is 28.4 Å². The van der Waals surface area contributed by atoms with E-state index in [1.165, 1.54) is 25.1 Å². The Labute approximate surface area is 347 Å². The standard InChI is InChI=1S/C40H49Cl2FN6O9/c1-22-21-47(18-19-48(22)35(52)56-38(3,4)5)34(51)24-12-14-25(15-13-24)44-33(50)28-20-29(55-23(2)30-26(41)16-17-27(43)31(30)42)32(46-45-28)49(36(53)57-39(6,7)8)37(54)58-40(9,10)11/h12-17,20,22-23H,18-19,21H2,1-11H3,(H,44,50)/t22-,23+/m0/s1. The van der Waals surface area contributed by atoms with Crippen LogP contribution in [0.4, 0.5) is 30.3 Å². The van der Waals surface area contributed by atoms with E-state index in [1.807, 2.05) is 6.92 Å². The molecule has 1 aromatic heterocycles. The number of ether oxygens (including phenoxy) is 4. The van der Waals surface area contributed by atoms with Crippen molar-refractivity contribution in [2.75, 3.05) is 29.9 Å². The number of benzene rings is 2. The summed E-state index contributed by atoms with van der Waals surface area (Å²) in [5.41, 5.74) is -2.45. The quantitative estimate of drug-likeness (QED) is 0.178. The highest BCUT2D eigenvalue weighted by Gasteiger charge is 2.38. The zero-order valence-corrected chi connectivity index (χ0v) is 35.9.